The van der Waals surface area contributed by atoms with Crippen LogP contribution >= 0.6 is 11.3 Å². The summed E-state index contributed by atoms with van der Waals surface area (Å²) in [6.45, 7) is 12.2. The van der Waals surface area contributed by atoms with Crippen LogP contribution in [0.4, 0.5) is 0 Å². The van der Waals surface area contributed by atoms with E-state index in [1.807, 2.05) is 18.7 Å². The minimum Gasteiger partial charge on any atom is -0.396 e. The summed E-state index contributed by atoms with van der Waals surface area (Å²) >= 11 is 1.46. The van der Waals surface area contributed by atoms with Crippen LogP contribution in [0.5, 0.6) is 0 Å². The summed E-state index contributed by atoms with van der Waals surface area (Å²) in [6.07, 6.45) is 0.469. The first-order valence-corrected chi connectivity index (χ1v) is 9.91. The summed E-state index contributed by atoms with van der Waals surface area (Å²) < 4.78 is 5.81. The van der Waals surface area contributed by atoms with Crippen LogP contribution in [-0.4, -0.2) is 77.3 Å². The van der Waals surface area contributed by atoms with Gasteiger partial charge in [0.05, 0.1) is 22.9 Å². The van der Waals surface area contributed by atoms with E-state index in [2.05, 4.69) is 23.7 Å². The van der Waals surface area contributed by atoms with Crippen molar-refractivity contribution in [3.05, 3.63) is 15.6 Å². The molecule has 0 radical (unpaired) electrons. The van der Waals surface area contributed by atoms with E-state index in [1.165, 1.54) is 11.3 Å². The predicted molar refractivity (Wildman–Crippen MR) is 98.0 cm³/mol. The lowest BCUT2D eigenvalue weighted by atomic mass is 9.96. The fraction of sp³-hybridized carbons (Fsp3) is 0.778. The van der Waals surface area contributed by atoms with Crippen LogP contribution in [0.3, 0.4) is 0 Å². The lowest BCUT2D eigenvalue weighted by molar-refractivity contribution is -0.0726. The molecule has 2 fully saturated rings. The van der Waals surface area contributed by atoms with Crippen molar-refractivity contribution in [2.75, 3.05) is 39.3 Å². The number of aryl methyl sites for hydroxylation is 2. The molecule has 0 aromatic carbocycles. The highest BCUT2D eigenvalue weighted by molar-refractivity contribution is 7.13. The Morgan fingerprint density at radius 1 is 1.20 bits per heavy atom. The van der Waals surface area contributed by atoms with Crippen LogP contribution < -0.4 is 0 Å². The number of carbonyl (C=O) groups excluding carboxylic acids is 1. The van der Waals surface area contributed by atoms with Crippen molar-refractivity contribution >= 4 is 17.2 Å². The first kappa shape index (κ1) is 18.8. The molecule has 2 aliphatic rings. The molecule has 25 heavy (non-hydrogen) atoms. The highest BCUT2D eigenvalue weighted by Gasteiger charge is 2.38. The summed E-state index contributed by atoms with van der Waals surface area (Å²) in [6, 6.07) is 0. The second kappa shape index (κ2) is 7.70. The van der Waals surface area contributed by atoms with Gasteiger partial charge in [-0.2, -0.15) is 0 Å². The van der Waals surface area contributed by atoms with Gasteiger partial charge in [-0.3, -0.25) is 9.69 Å². The minimum absolute atomic E-state index is 0.0627. The zero-order valence-electron chi connectivity index (χ0n) is 15.6. The van der Waals surface area contributed by atoms with Gasteiger partial charge in [0.15, 0.2) is 0 Å². The van der Waals surface area contributed by atoms with Gasteiger partial charge < -0.3 is 14.7 Å². The average molecular weight is 368 g/mol. The monoisotopic (exact) mass is 367 g/mol. The van der Waals surface area contributed by atoms with Gasteiger partial charge in [-0.25, -0.2) is 4.98 Å². The molecule has 3 rings (SSSR count). The third-order valence-electron chi connectivity index (χ3n) is 5.18. The quantitative estimate of drug-likeness (QED) is 0.875. The maximum atomic E-state index is 12.9. The summed E-state index contributed by atoms with van der Waals surface area (Å²) in [5, 5.41) is 10.7. The SMILES string of the molecule is Cc1nc(C)c(C(=O)N2CC(CO)C(CN3CC(C)OC(C)C3)C2)s1. The molecule has 3 heterocycles. The van der Waals surface area contributed by atoms with E-state index < -0.39 is 0 Å². The van der Waals surface area contributed by atoms with Gasteiger partial charge in [0.1, 0.15) is 4.88 Å². The number of aliphatic hydroxyl groups excluding tert-OH is 1. The lowest BCUT2D eigenvalue weighted by Gasteiger charge is -2.37. The van der Waals surface area contributed by atoms with Crippen LogP contribution in [0, 0.1) is 25.7 Å². The average Bonchev–Trinajstić information content (AvgIpc) is 3.08. The number of hydrogen-bond acceptors (Lipinski definition) is 6. The van der Waals surface area contributed by atoms with E-state index >= 15 is 0 Å². The van der Waals surface area contributed by atoms with Crippen molar-refractivity contribution in [2.45, 2.75) is 39.9 Å². The molecule has 0 bridgehead atoms. The van der Waals surface area contributed by atoms with Gasteiger partial charge in [0, 0.05) is 45.2 Å². The Kier molecular flexibility index (Phi) is 5.78. The van der Waals surface area contributed by atoms with E-state index in [0.29, 0.717) is 19.0 Å². The van der Waals surface area contributed by atoms with Crippen LogP contribution in [0.25, 0.3) is 0 Å². The van der Waals surface area contributed by atoms with E-state index in [9.17, 15) is 9.90 Å². The van der Waals surface area contributed by atoms with E-state index in [4.69, 9.17) is 4.74 Å². The zero-order chi connectivity index (χ0) is 18.1. The van der Waals surface area contributed by atoms with Crippen molar-refractivity contribution in [3.63, 3.8) is 0 Å². The van der Waals surface area contributed by atoms with Crippen LogP contribution in [0.2, 0.25) is 0 Å². The molecule has 140 valence electrons. The number of amides is 1. The van der Waals surface area contributed by atoms with Gasteiger partial charge in [-0.1, -0.05) is 0 Å². The van der Waals surface area contributed by atoms with E-state index in [1.54, 1.807) is 0 Å². The molecule has 1 aromatic heterocycles. The fourth-order valence-corrected chi connectivity index (χ4v) is 5.04. The van der Waals surface area contributed by atoms with Gasteiger partial charge >= 0.3 is 0 Å². The number of aliphatic hydroxyl groups is 1. The number of likely N-dealkylation sites (tertiary alicyclic amines) is 1. The van der Waals surface area contributed by atoms with Crippen molar-refractivity contribution < 1.29 is 14.6 Å². The van der Waals surface area contributed by atoms with Crippen LogP contribution in [0.15, 0.2) is 0 Å². The molecular formula is C18H29N3O3S. The zero-order valence-corrected chi connectivity index (χ0v) is 16.4. The molecular weight excluding hydrogens is 338 g/mol. The maximum Gasteiger partial charge on any atom is 0.265 e. The molecule has 4 atom stereocenters. The lowest BCUT2D eigenvalue weighted by Crippen LogP contribution is -2.48. The third kappa shape index (κ3) is 4.22. The standard InChI is InChI=1S/C18H29N3O3S/c1-11-5-20(6-12(2)24-11)7-15-8-21(9-16(15)10-22)18(23)17-13(3)19-14(4)25-17/h11-12,15-16,22H,5-10H2,1-4H3. The summed E-state index contributed by atoms with van der Waals surface area (Å²) in [5.41, 5.74) is 0.812. The van der Waals surface area contributed by atoms with Crippen LogP contribution in [0.1, 0.15) is 34.2 Å². The summed E-state index contributed by atoms with van der Waals surface area (Å²) in [7, 11) is 0. The predicted octanol–water partition coefficient (Wildman–Crippen LogP) is 1.55. The van der Waals surface area contributed by atoms with Crippen molar-refractivity contribution in [1.82, 2.24) is 14.8 Å². The molecule has 0 spiro atoms. The number of nitrogens with zero attached hydrogens (tertiary/aromatic N) is 3. The van der Waals surface area contributed by atoms with Crippen LogP contribution in [-0.2, 0) is 4.74 Å². The molecule has 6 nitrogen and oxygen atoms in total. The number of carbonyl (C=O) groups is 1. The number of morpholine rings is 1. The molecule has 0 saturated carbocycles. The Labute approximate surface area is 153 Å². The largest absolute Gasteiger partial charge is 0.396 e. The third-order valence-corrected chi connectivity index (χ3v) is 6.24. The molecule has 4 unspecified atom stereocenters. The Balaban J connectivity index is 1.66. The maximum absolute atomic E-state index is 12.9. The first-order valence-electron chi connectivity index (χ1n) is 9.09. The summed E-state index contributed by atoms with van der Waals surface area (Å²) in [5.74, 6) is 0.514. The van der Waals surface area contributed by atoms with Gasteiger partial charge in [0.2, 0.25) is 0 Å². The Morgan fingerprint density at radius 2 is 1.84 bits per heavy atom. The Morgan fingerprint density at radius 3 is 2.40 bits per heavy atom. The number of ether oxygens (including phenoxy) is 1. The molecule has 1 amide bonds. The summed E-state index contributed by atoms with van der Waals surface area (Å²) in [4.78, 5) is 22.3. The molecule has 0 aliphatic carbocycles. The smallest absolute Gasteiger partial charge is 0.265 e. The second-order valence-corrected chi connectivity index (χ2v) is 8.74. The molecule has 2 aliphatic heterocycles. The van der Waals surface area contributed by atoms with Gasteiger partial charge in [-0.15, -0.1) is 11.3 Å². The topological polar surface area (TPSA) is 65.9 Å². The van der Waals surface area contributed by atoms with Crippen molar-refractivity contribution in [1.29, 1.82) is 0 Å². The van der Waals surface area contributed by atoms with E-state index in [0.717, 1.165) is 35.2 Å². The Hall–Kier alpha value is -1.02. The number of hydrogen-bond donors (Lipinski definition) is 1. The Bertz CT molecular complexity index is 611. The number of thiazole rings is 1. The fourth-order valence-electron chi connectivity index (χ4n) is 4.16. The number of aromatic nitrogens is 1. The molecule has 1 aromatic rings. The van der Waals surface area contributed by atoms with Gasteiger partial charge in [0.25, 0.3) is 5.91 Å². The van der Waals surface area contributed by atoms with E-state index in [-0.39, 0.29) is 30.6 Å². The highest BCUT2D eigenvalue weighted by Crippen LogP contribution is 2.28. The normalized spacial score (nSPS) is 30.8. The van der Waals surface area contributed by atoms with Crippen molar-refractivity contribution in [3.8, 4) is 0 Å². The highest BCUT2D eigenvalue weighted by atomic mass is 32.1. The van der Waals surface area contributed by atoms with Crippen molar-refractivity contribution in [2.24, 2.45) is 11.8 Å². The molecule has 2 saturated heterocycles. The second-order valence-electron chi connectivity index (χ2n) is 7.54. The van der Waals surface area contributed by atoms with Gasteiger partial charge in [-0.05, 0) is 33.6 Å². The first-order chi connectivity index (χ1) is 11.9. The minimum atomic E-state index is 0.0627. The number of rotatable bonds is 4. The molecule has 1 N–H and O–H groups in total. The molecule has 7 heteroatoms.